The predicted octanol–water partition coefficient (Wildman–Crippen LogP) is -1.15. The van der Waals surface area contributed by atoms with E-state index in [4.69, 9.17) is 20.9 Å². The van der Waals surface area contributed by atoms with E-state index in [1.54, 1.807) is 0 Å². The lowest BCUT2D eigenvalue weighted by Gasteiger charge is -2.02. The highest BCUT2D eigenvalue weighted by molar-refractivity contribution is 5.74. The molecule has 0 saturated carbocycles. The molecule has 0 aromatic heterocycles. The maximum Gasteiger partial charge on any atom is 0.243 e. The van der Waals surface area contributed by atoms with Gasteiger partial charge in [0.25, 0.3) is 0 Å². The molecular weight excluding hydrogens is 160 g/mol. The van der Waals surface area contributed by atoms with Gasteiger partial charge in [-0.05, 0) is 6.42 Å². The van der Waals surface area contributed by atoms with Crippen molar-refractivity contribution in [3.05, 3.63) is 0 Å². The molecule has 0 heterocycles. The first-order chi connectivity index (χ1) is 5.77. The molecule has 12 heavy (non-hydrogen) atoms. The summed E-state index contributed by atoms with van der Waals surface area (Å²) in [6.45, 7) is 2.18. The Morgan fingerprint density at radius 1 is 1.17 bits per heavy atom. The Kier molecular flexibility index (Phi) is 7.99. The molecule has 0 aromatic carbocycles. The summed E-state index contributed by atoms with van der Waals surface area (Å²) in [6.07, 6.45) is 0.757. The van der Waals surface area contributed by atoms with Crippen LogP contribution >= 0.6 is 0 Å². The Labute approximate surface area is 72.0 Å². The molecule has 1 amide bonds. The average molecular weight is 176 g/mol. The zero-order valence-electron chi connectivity index (χ0n) is 7.12. The normalized spacial score (nSPS) is 10.1. The van der Waals surface area contributed by atoms with Crippen molar-refractivity contribution in [1.29, 1.82) is 0 Å². The summed E-state index contributed by atoms with van der Waals surface area (Å²) >= 11 is 0. The van der Waals surface area contributed by atoms with Crippen molar-refractivity contribution in [1.82, 2.24) is 0 Å². The van der Waals surface area contributed by atoms with E-state index in [0.29, 0.717) is 26.4 Å². The summed E-state index contributed by atoms with van der Waals surface area (Å²) in [7, 11) is 0. The van der Waals surface area contributed by atoms with Gasteiger partial charge >= 0.3 is 0 Å². The van der Waals surface area contributed by atoms with Crippen LogP contribution in [0, 0.1) is 0 Å². The van der Waals surface area contributed by atoms with Crippen molar-refractivity contribution >= 4 is 5.91 Å². The van der Waals surface area contributed by atoms with E-state index in [1.807, 2.05) is 0 Å². The minimum Gasteiger partial charge on any atom is -0.380 e. The molecule has 72 valence electrons. The summed E-state index contributed by atoms with van der Waals surface area (Å²) in [5.74, 6) is -0.446. The Morgan fingerprint density at radius 3 is 2.42 bits per heavy atom. The molecule has 4 N–H and O–H groups in total. The highest BCUT2D eigenvalue weighted by atomic mass is 16.5. The van der Waals surface area contributed by atoms with Crippen LogP contribution in [0.2, 0.25) is 0 Å². The van der Waals surface area contributed by atoms with Crippen molar-refractivity contribution in [3.63, 3.8) is 0 Å². The lowest BCUT2D eigenvalue weighted by molar-refractivity contribution is -0.122. The largest absolute Gasteiger partial charge is 0.380 e. The van der Waals surface area contributed by atoms with E-state index in [2.05, 4.69) is 0 Å². The van der Waals surface area contributed by atoms with Crippen LogP contribution in [0.1, 0.15) is 6.42 Å². The van der Waals surface area contributed by atoms with Gasteiger partial charge in [-0.1, -0.05) is 0 Å². The van der Waals surface area contributed by atoms with Crippen LogP contribution in [0.5, 0.6) is 0 Å². The number of amides is 1. The lowest BCUT2D eigenvalue weighted by Crippen LogP contribution is -2.19. The highest BCUT2D eigenvalue weighted by Gasteiger charge is 1.93. The van der Waals surface area contributed by atoms with Crippen LogP contribution in [-0.2, 0) is 14.3 Å². The first kappa shape index (κ1) is 11.4. The van der Waals surface area contributed by atoms with E-state index in [-0.39, 0.29) is 6.61 Å². The fourth-order valence-electron chi connectivity index (χ4n) is 0.621. The molecule has 0 rings (SSSR count). The molecule has 0 fully saturated rings. The molecular formula is C7H16N2O3. The van der Waals surface area contributed by atoms with Crippen LogP contribution in [0.25, 0.3) is 0 Å². The summed E-state index contributed by atoms with van der Waals surface area (Å²) in [5.41, 5.74) is 10.0. The second-order valence-corrected chi connectivity index (χ2v) is 2.27. The van der Waals surface area contributed by atoms with Crippen LogP contribution in [0.3, 0.4) is 0 Å². The van der Waals surface area contributed by atoms with Crippen molar-refractivity contribution in [2.24, 2.45) is 11.5 Å². The van der Waals surface area contributed by atoms with Crippen LogP contribution in [0.4, 0.5) is 0 Å². The Hall–Kier alpha value is -0.650. The third kappa shape index (κ3) is 9.35. The van der Waals surface area contributed by atoms with Gasteiger partial charge < -0.3 is 20.9 Å². The topological polar surface area (TPSA) is 87.6 Å². The molecule has 0 unspecified atom stereocenters. The van der Waals surface area contributed by atoms with Gasteiger partial charge in [0.2, 0.25) is 5.91 Å². The van der Waals surface area contributed by atoms with Gasteiger partial charge in [-0.25, -0.2) is 0 Å². The van der Waals surface area contributed by atoms with Gasteiger partial charge in [-0.2, -0.15) is 0 Å². The van der Waals surface area contributed by atoms with E-state index in [1.165, 1.54) is 0 Å². The summed E-state index contributed by atoms with van der Waals surface area (Å²) in [4.78, 5) is 10.2. The SMILES string of the molecule is NCCOCCCOCC(N)=O. The van der Waals surface area contributed by atoms with E-state index >= 15 is 0 Å². The second kappa shape index (κ2) is 8.45. The van der Waals surface area contributed by atoms with Crippen molar-refractivity contribution in [3.8, 4) is 0 Å². The summed E-state index contributed by atoms with van der Waals surface area (Å²) in [6, 6.07) is 0. The third-order valence-corrected chi connectivity index (χ3v) is 1.08. The fourth-order valence-corrected chi connectivity index (χ4v) is 0.621. The maximum atomic E-state index is 10.2. The molecule has 0 aliphatic carbocycles. The quantitative estimate of drug-likeness (QED) is 0.457. The van der Waals surface area contributed by atoms with Crippen LogP contribution < -0.4 is 11.5 Å². The molecule has 0 aromatic rings. The summed E-state index contributed by atoms with van der Waals surface area (Å²) < 4.78 is 9.96. The smallest absolute Gasteiger partial charge is 0.243 e. The summed E-state index contributed by atoms with van der Waals surface area (Å²) in [5, 5.41) is 0. The Morgan fingerprint density at radius 2 is 1.83 bits per heavy atom. The van der Waals surface area contributed by atoms with Gasteiger partial charge in [0.05, 0.1) is 6.61 Å². The molecule has 5 nitrogen and oxygen atoms in total. The van der Waals surface area contributed by atoms with Crippen molar-refractivity contribution in [2.45, 2.75) is 6.42 Å². The minimum absolute atomic E-state index is 0.0170. The van der Waals surface area contributed by atoms with Gasteiger partial charge in [0, 0.05) is 19.8 Å². The average Bonchev–Trinajstić information content (AvgIpc) is 2.02. The number of nitrogens with two attached hydrogens (primary N) is 2. The van der Waals surface area contributed by atoms with Gasteiger partial charge in [-0.15, -0.1) is 0 Å². The van der Waals surface area contributed by atoms with E-state index in [0.717, 1.165) is 6.42 Å². The van der Waals surface area contributed by atoms with Crippen LogP contribution in [-0.4, -0.2) is 38.9 Å². The van der Waals surface area contributed by atoms with Gasteiger partial charge in [0.1, 0.15) is 6.61 Å². The number of hydrogen-bond donors (Lipinski definition) is 2. The first-order valence-corrected chi connectivity index (χ1v) is 3.91. The molecule has 0 spiro atoms. The molecule has 0 radical (unpaired) electrons. The monoisotopic (exact) mass is 176 g/mol. The van der Waals surface area contributed by atoms with E-state index < -0.39 is 5.91 Å². The molecule has 0 atom stereocenters. The van der Waals surface area contributed by atoms with Crippen LogP contribution in [0.15, 0.2) is 0 Å². The maximum absolute atomic E-state index is 10.2. The van der Waals surface area contributed by atoms with Crippen molar-refractivity contribution < 1.29 is 14.3 Å². The Bertz CT molecular complexity index is 119. The minimum atomic E-state index is -0.446. The van der Waals surface area contributed by atoms with Crippen molar-refractivity contribution in [2.75, 3.05) is 33.0 Å². The Balaban J connectivity index is 2.86. The van der Waals surface area contributed by atoms with E-state index in [9.17, 15) is 4.79 Å². The predicted molar refractivity (Wildman–Crippen MR) is 44.5 cm³/mol. The standard InChI is InChI=1S/C7H16N2O3/c8-2-5-11-3-1-4-12-6-7(9)10/h1-6,8H2,(H2,9,10). The lowest BCUT2D eigenvalue weighted by atomic mass is 10.5. The molecule has 5 heteroatoms. The molecule has 0 saturated heterocycles. The number of carbonyl (C=O) groups is 1. The number of primary amides is 1. The second-order valence-electron chi connectivity index (χ2n) is 2.27. The zero-order valence-corrected chi connectivity index (χ0v) is 7.12. The number of rotatable bonds is 8. The highest BCUT2D eigenvalue weighted by Crippen LogP contribution is 1.83. The number of hydrogen-bond acceptors (Lipinski definition) is 4. The first-order valence-electron chi connectivity index (χ1n) is 3.91. The molecule has 0 aliphatic rings. The number of carbonyl (C=O) groups excluding carboxylic acids is 1. The number of ether oxygens (including phenoxy) is 2. The fraction of sp³-hybridized carbons (Fsp3) is 0.857. The van der Waals surface area contributed by atoms with Gasteiger partial charge in [0.15, 0.2) is 0 Å². The molecule has 0 aliphatic heterocycles. The zero-order chi connectivity index (χ0) is 9.23. The molecule has 0 bridgehead atoms. The third-order valence-electron chi connectivity index (χ3n) is 1.08. The van der Waals surface area contributed by atoms with Gasteiger partial charge in [-0.3, -0.25) is 4.79 Å².